The molecule has 0 saturated carbocycles. The topological polar surface area (TPSA) is 0 Å². The van der Waals surface area contributed by atoms with E-state index in [1.165, 1.54) is 11.1 Å². The minimum Gasteiger partial charge on any atom is -0.117 e. The van der Waals surface area contributed by atoms with E-state index in [0.29, 0.717) is 0 Å². The van der Waals surface area contributed by atoms with Gasteiger partial charge in [0.15, 0.2) is 0 Å². The van der Waals surface area contributed by atoms with Crippen LogP contribution in [0.2, 0.25) is 0 Å². The largest absolute Gasteiger partial charge is 0.117 e. The van der Waals surface area contributed by atoms with Gasteiger partial charge in [-0.05, 0) is 31.1 Å². The lowest BCUT2D eigenvalue weighted by Gasteiger charge is -1.91. The Labute approximate surface area is 62.3 Å². The Bertz CT molecular complexity index is 233. The van der Waals surface area contributed by atoms with Crippen LogP contribution in [-0.2, 0) is 0 Å². The summed E-state index contributed by atoms with van der Waals surface area (Å²) in [5.41, 5.74) is 5.77. The number of hydrogen-bond acceptors (Lipinski definition) is 0. The predicted octanol–water partition coefficient (Wildman–Crippen LogP) is 2.99. The van der Waals surface area contributed by atoms with Crippen molar-refractivity contribution >= 4 is 0 Å². The molecule has 0 amide bonds. The zero-order valence-corrected chi connectivity index (χ0v) is 6.52. The van der Waals surface area contributed by atoms with E-state index in [4.69, 9.17) is 0 Å². The SMILES string of the molecule is CCC1=C=CC=CC(C)=C1. The molecule has 0 atom stereocenters. The highest BCUT2D eigenvalue weighted by molar-refractivity contribution is 5.33. The van der Waals surface area contributed by atoms with E-state index in [9.17, 15) is 0 Å². The molecule has 0 unspecified atom stereocenters. The molecule has 1 rings (SSSR count). The highest BCUT2D eigenvalue weighted by Crippen LogP contribution is 2.08. The van der Waals surface area contributed by atoms with Crippen LogP contribution < -0.4 is 0 Å². The summed E-state index contributed by atoms with van der Waals surface area (Å²) >= 11 is 0. The van der Waals surface area contributed by atoms with Gasteiger partial charge in [0, 0.05) is 0 Å². The second-order valence-corrected chi connectivity index (χ2v) is 2.44. The highest BCUT2D eigenvalue weighted by atomic mass is 13.9. The summed E-state index contributed by atoms with van der Waals surface area (Å²) in [5, 5.41) is 0. The fourth-order valence-corrected chi connectivity index (χ4v) is 0.924. The third kappa shape index (κ3) is 1.75. The van der Waals surface area contributed by atoms with Crippen molar-refractivity contribution in [1.29, 1.82) is 0 Å². The van der Waals surface area contributed by atoms with Crippen molar-refractivity contribution in [2.75, 3.05) is 0 Å². The summed E-state index contributed by atoms with van der Waals surface area (Å²) in [6.45, 7) is 4.25. The lowest BCUT2D eigenvalue weighted by Crippen LogP contribution is -1.72. The van der Waals surface area contributed by atoms with E-state index in [-0.39, 0.29) is 0 Å². The molecule has 0 radical (unpaired) electrons. The van der Waals surface area contributed by atoms with Crippen molar-refractivity contribution in [1.82, 2.24) is 0 Å². The van der Waals surface area contributed by atoms with Crippen molar-refractivity contribution < 1.29 is 0 Å². The second kappa shape index (κ2) is 3.24. The first-order valence-corrected chi connectivity index (χ1v) is 3.63. The highest BCUT2D eigenvalue weighted by Gasteiger charge is 1.89. The quantitative estimate of drug-likeness (QED) is 0.481. The number of rotatable bonds is 1. The van der Waals surface area contributed by atoms with E-state index < -0.39 is 0 Å². The first-order valence-electron chi connectivity index (χ1n) is 3.63. The maximum Gasteiger partial charge on any atom is -0.00605 e. The molecule has 0 aliphatic heterocycles. The molecule has 1 aliphatic carbocycles. The minimum absolute atomic E-state index is 1.06. The zero-order chi connectivity index (χ0) is 7.40. The summed E-state index contributed by atoms with van der Waals surface area (Å²) in [4.78, 5) is 0. The summed E-state index contributed by atoms with van der Waals surface area (Å²) in [5.74, 6) is 0. The van der Waals surface area contributed by atoms with Crippen LogP contribution in [0.5, 0.6) is 0 Å². The van der Waals surface area contributed by atoms with Gasteiger partial charge in [-0.3, -0.25) is 0 Å². The Hall–Kier alpha value is -1.00. The molecule has 0 heteroatoms. The standard InChI is InChI=1S/C10H12/c1-3-10-7-5-4-6-9(2)8-10/h4-6,8H,3H2,1-2H3. The smallest absolute Gasteiger partial charge is 0.00605 e. The Morgan fingerprint density at radius 3 is 3.00 bits per heavy atom. The molecule has 0 aromatic heterocycles. The summed E-state index contributed by atoms with van der Waals surface area (Å²) in [7, 11) is 0. The van der Waals surface area contributed by atoms with Crippen molar-refractivity contribution in [2.45, 2.75) is 20.3 Å². The van der Waals surface area contributed by atoms with E-state index in [0.717, 1.165) is 6.42 Å². The lowest BCUT2D eigenvalue weighted by atomic mass is 10.1. The van der Waals surface area contributed by atoms with Crippen LogP contribution in [0.25, 0.3) is 0 Å². The van der Waals surface area contributed by atoms with Gasteiger partial charge in [-0.25, -0.2) is 0 Å². The second-order valence-electron chi connectivity index (χ2n) is 2.44. The molecular formula is C10H12. The van der Waals surface area contributed by atoms with Gasteiger partial charge >= 0.3 is 0 Å². The molecule has 0 bridgehead atoms. The van der Waals surface area contributed by atoms with Crippen molar-refractivity contribution in [3.05, 3.63) is 41.2 Å². The van der Waals surface area contributed by atoms with E-state index >= 15 is 0 Å². The fourth-order valence-electron chi connectivity index (χ4n) is 0.924. The average Bonchev–Trinajstić information content (AvgIpc) is 2.13. The Balaban J connectivity index is 2.93. The zero-order valence-electron chi connectivity index (χ0n) is 6.52. The normalized spacial score (nSPS) is 16.2. The average molecular weight is 132 g/mol. The first-order chi connectivity index (χ1) is 4.83. The molecule has 0 aromatic rings. The maximum atomic E-state index is 3.19. The molecule has 52 valence electrons. The van der Waals surface area contributed by atoms with Gasteiger partial charge in [0.05, 0.1) is 0 Å². The van der Waals surface area contributed by atoms with Crippen molar-refractivity contribution in [3.8, 4) is 0 Å². The molecule has 0 heterocycles. The van der Waals surface area contributed by atoms with Crippen LogP contribution >= 0.6 is 0 Å². The monoisotopic (exact) mass is 132 g/mol. The first kappa shape index (κ1) is 7.11. The maximum absolute atomic E-state index is 3.19. The Morgan fingerprint density at radius 2 is 2.30 bits per heavy atom. The summed E-state index contributed by atoms with van der Waals surface area (Å²) in [6.07, 6.45) is 9.31. The van der Waals surface area contributed by atoms with E-state index in [1.54, 1.807) is 0 Å². The minimum atomic E-state index is 1.06. The molecule has 1 aliphatic rings. The molecular weight excluding hydrogens is 120 g/mol. The van der Waals surface area contributed by atoms with E-state index in [1.807, 2.05) is 12.2 Å². The van der Waals surface area contributed by atoms with Crippen LogP contribution in [0.3, 0.4) is 0 Å². The molecule has 0 aromatic carbocycles. The van der Waals surface area contributed by atoms with Gasteiger partial charge in [0.1, 0.15) is 0 Å². The molecule has 0 spiro atoms. The Kier molecular flexibility index (Phi) is 2.30. The van der Waals surface area contributed by atoms with Gasteiger partial charge < -0.3 is 0 Å². The van der Waals surface area contributed by atoms with Gasteiger partial charge in [-0.15, -0.1) is 5.73 Å². The van der Waals surface area contributed by atoms with E-state index in [2.05, 4.69) is 31.7 Å². The fraction of sp³-hybridized carbons (Fsp3) is 0.300. The molecule has 0 N–H and O–H groups in total. The third-order valence-corrected chi connectivity index (χ3v) is 1.51. The van der Waals surface area contributed by atoms with Crippen LogP contribution in [0.15, 0.2) is 41.2 Å². The van der Waals surface area contributed by atoms with Gasteiger partial charge in [0.2, 0.25) is 0 Å². The van der Waals surface area contributed by atoms with Gasteiger partial charge in [-0.1, -0.05) is 24.6 Å². The summed E-state index contributed by atoms with van der Waals surface area (Å²) < 4.78 is 0. The van der Waals surface area contributed by atoms with Crippen LogP contribution in [0.1, 0.15) is 20.3 Å². The van der Waals surface area contributed by atoms with Gasteiger partial charge in [-0.2, -0.15) is 0 Å². The summed E-state index contributed by atoms with van der Waals surface area (Å²) in [6, 6.07) is 0. The molecule has 10 heavy (non-hydrogen) atoms. The van der Waals surface area contributed by atoms with Crippen molar-refractivity contribution in [2.24, 2.45) is 0 Å². The number of hydrogen-bond donors (Lipinski definition) is 0. The lowest BCUT2D eigenvalue weighted by molar-refractivity contribution is 1.15. The predicted molar refractivity (Wildman–Crippen MR) is 44.8 cm³/mol. The molecule has 0 nitrogen and oxygen atoms in total. The Morgan fingerprint density at radius 1 is 1.50 bits per heavy atom. The van der Waals surface area contributed by atoms with Gasteiger partial charge in [0.25, 0.3) is 0 Å². The molecule has 0 fully saturated rings. The number of allylic oxidation sites excluding steroid dienone is 5. The molecule has 0 saturated heterocycles. The third-order valence-electron chi connectivity index (χ3n) is 1.51. The van der Waals surface area contributed by atoms with Crippen LogP contribution in [0, 0.1) is 0 Å². The van der Waals surface area contributed by atoms with Crippen LogP contribution in [0.4, 0.5) is 0 Å². The van der Waals surface area contributed by atoms with Crippen LogP contribution in [-0.4, -0.2) is 0 Å². The van der Waals surface area contributed by atoms with Crippen molar-refractivity contribution in [3.63, 3.8) is 0 Å².